The van der Waals surface area contributed by atoms with Gasteiger partial charge in [0.25, 0.3) is 0 Å². The van der Waals surface area contributed by atoms with E-state index in [2.05, 4.69) is 62.3 Å². The van der Waals surface area contributed by atoms with Crippen molar-refractivity contribution in [3.05, 3.63) is 0 Å². The molecule has 0 spiro atoms. The SMILES string of the molecule is CCCCCCC(C)O[PH](=O)OCC(CC)CCCC.CCCCCCC(C)O[PH](=O)OCC(CC)CCCC.CCCCCCC(C)O[PH](=O)OCC(CC)CCCC.[Co]. The van der Waals surface area contributed by atoms with Gasteiger partial charge >= 0.3 is 24.8 Å². The molecule has 0 bridgehead atoms. The van der Waals surface area contributed by atoms with E-state index in [1.54, 1.807) is 0 Å². The minimum Gasteiger partial charge on any atom is -0.310 e. The molecule has 0 rings (SSSR count). The Kier molecular flexibility index (Phi) is 60.2. The van der Waals surface area contributed by atoms with Crippen LogP contribution in [0.25, 0.3) is 0 Å². The Labute approximate surface area is 393 Å². The summed E-state index contributed by atoms with van der Waals surface area (Å²) in [5.41, 5.74) is 0. The summed E-state index contributed by atoms with van der Waals surface area (Å²) in [5.74, 6) is 1.56. The van der Waals surface area contributed by atoms with Gasteiger partial charge in [0, 0.05) is 16.8 Å². The smallest absolute Gasteiger partial charge is 0.310 e. The Bertz CT molecular complexity index is 823. The molecule has 375 valence electrons. The third kappa shape index (κ3) is 51.8. The quantitative estimate of drug-likeness (QED) is 0.0436. The molecule has 0 aromatic carbocycles. The van der Waals surface area contributed by atoms with Crippen LogP contribution in [0, 0.1) is 17.8 Å². The fourth-order valence-electron chi connectivity index (χ4n) is 6.60. The molecular formula is C48H105CoO9P3. The Balaban J connectivity index is -0.000000396. The van der Waals surface area contributed by atoms with Gasteiger partial charge in [-0.25, -0.2) is 0 Å². The molecule has 9 atom stereocenters. The third-order valence-electron chi connectivity index (χ3n) is 11.2. The average Bonchev–Trinajstić information content (AvgIpc) is 3.23. The normalized spacial score (nSPS) is 15.7. The zero-order valence-corrected chi connectivity index (χ0v) is 46.2. The summed E-state index contributed by atoms with van der Waals surface area (Å²) in [6.45, 7) is 27.4. The van der Waals surface area contributed by atoms with Crippen LogP contribution < -0.4 is 0 Å². The van der Waals surface area contributed by atoms with Crippen molar-refractivity contribution in [1.29, 1.82) is 0 Å². The van der Waals surface area contributed by atoms with E-state index >= 15 is 0 Å². The molecule has 0 saturated carbocycles. The van der Waals surface area contributed by atoms with Crippen molar-refractivity contribution in [2.75, 3.05) is 19.8 Å². The molecule has 0 heterocycles. The molecule has 0 fully saturated rings. The molecule has 13 heteroatoms. The Morgan fingerprint density at radius 3 is 0.754 bits per heavy atom. The van der Waals surface area contributed by atoms with Crippen LogP contribution in [0.4, 0.5) is 0 Å². The maximum absolute atomic E-state index is 11.8. The van der Waals surface area contributed by atoms with E-state index in [9.17, 15) is 13.7 Å². The van der Waals surface area contributed by atoms with E-state index < -0.39 is 24.8 Å². The molecule has 0 aromatic rings. The summed E-state index contributed by atoms with van der Waals surface area (Å²) >= 11 is 0. The van der Waals surface area contributed by atoms with Crippen molar-refractivity contribution < 1.29 is 57.6 Å². The van der Waals surface area contributed by atoms with E-state index in [4.69, 9.17) is 27.1 Å². The zero-order valence-electron chi connectivity index (χ0n) is 42.2. The van der Waals surface area contributed by atoms with Crippen LogP contribution in [0.15, 0.2) is 0 Å². The van der Waals surface area contributed by atoms with Crippen LogP contribution in [0.1, 0.15) is 256 Å². The van der Waals surface area contributed by atoms with Gasteiger partial charge in [0.05, 0.1) is 38.1 Å². The van der Waals surface area contributed by atoms with Crippen molar-refractivity contribution in [3.8, 4) is 0 Å². The largest absolute Gasteiger partial charge is 0.319 e. The van der Waals surface area contributed by atoms with Crippen molar-refractivity contribution in [2.45, 2.75) is 275 Å². The number of hydrogen-bond acceptors (Lipinski definition) is 9. The Hall–Kier alpha value is 0.956. The van der Waals surface area contributed by atoms with Gasteiger partial charge in [-0.1, -0.05) is 197 Å². The van der Waals surface area contributed by atoms with Crippen molar-refractivity contribution >= 4 is 24.8 Å². The first-order valence-electron chi connectivity index (χ1n) is 25.4. The fourth-order valence-corrected chi connectivity index (χ4v) is 9.26. The van der Waals surface area contributed by atoms with E-state index in [0.717, 1.165) is 77.0 Å². The number of rotatable bonds is 42. The number of hydrogen-bond donors (Lipinski definition) is 0. The predicted octanol–water partition coefficient (Wildman–Crippen LogP) is 18.0. The average molecular weight is 978 g/mol. The fraction of sp³-hybridized carbons (Fsp3) is 1.00. The topological polar surface area (TPSA) is 107 Å². The van der Waals surface area contributed by atoms with Crippen molar-refractivity contribution in [1.82, 2.24) is 0 Å². The maximum atomic E-state index is 11.8. The molecular weight excluding hydrogens is 872 g/mol. The predicted molar refractivity (Wildman–Crippen MR) is 263 cm³/mol. The molecule has 9 nitrogen and oxygen atoms in total. The van der Waals surface area contributed by atoms with Gasteiger partial charge < -0.3 is 27.1 Å². The number of unbranched alkanes of at least 4 members (excludes halogenated alkanes) is 12. The maximum Gasteiger partial charge on any atom is 0.319 e. The molecule has 0 amide bonds. The molecule has 0 aromatic heterocycles. The molecule has 0 aliphatic carbocycles. The second-order valence-electron chi connectivity index (χ2n) is 17.3. The molecule has 0 saturated heterocycles. The van der Waals surface area contributed by atoms with E-state index in [-0.39, 0.29) is 35.1 Å². The molecule has 9 unspecified atom stereocenters. The Morgan fingerprint density at radius 2 is 0.557 bits per heavy atom. The van der Waals surface area contributed by atoms with E-state index in [1.165, 1.54) is 96.3 Å². The van der Waals surface area contributed by atoms with Crippen LogP contribution >= 0.6 is 24.8 Å². The van der Waals surface area contributed by atoms with Crippen LogP contribution in [-0.4, -0.2) is 38.1 Å². The minimum absolute atomic E-state index is 0. The zero-order chi connectivity index (χ0) is 45.7. The second-order valence-corrected chi connectivity index (χ2v) is 20.3. The first-order chi connectivity index (χ1) is 28.9. The summed E-state index contributed by atoms with van der Waals surface area (Å²) in [6, 6.07) is 0. The monoisotopic (exact) mass is 978 g/mol. The van der Waals surface area contributed by atoms with Crippen LogP contribution in [0.5, 0.6) is 0 Å². The van der Waals surface area contributed by atoms with Gasteiger partial charge in [0.15, 0.2) is 0 Å². The van der Waals surface area contributed by atoms with Crippen LogP contribution in [-0.2, 0) is 57.6 Å². The van der Waals surface area contributed by atoms with Crippen LogP contribution in [0.2, 0.25) is 0 Å². The molecule has 1 radical (unpaired) electrons. The van der Waals surface area contributed by atoms with Gasteiger partial charge in [-0.2, -0.15) is 0 Å². The van der Waals surface area contributed by atoms with Gasteiger partial charge in [0.1, 0.15) is 0 Å². The summed E-state index contributed by atoms with van der Waals surface area (Å²) in [7, 11) is -6.93. The molecule has 0 aliphatic rings. The van der Waals surface area contributed by atoms with E-state index in [0.29, 0.717) is 37.6 Å². The van der Waals surface area contributed by atoms with Gasteiger partial charge in [0.2, 0.25) is 0 Å². The van der Waals surface area contributed by atoms with E-state index in [1.807, 2.05) is 20.8 Å². The third-order valence-corrected chi connectivity index (χ3v) is 14.2. The standard InChI is InChI=1S/3C16H35O3P.Co/c3*1-5-8-10-11-12-15(4)19-20(17)18-14-16(7-3)13-9-6-2;/h3*15-16,20H,5-14H2,1-4H3;. The first kappa shape index (κ1) is 68.5. The molecule has 0 aliphatic heterocycles. The van der Waals surface area contributed by atoms with Crippen molar-refractivity contribution in [3.63, 3.8) is 0 Å². The van der Waals surface area contributed by atoms with Gasteiger partial charge in [-0.15, -0.1) is 0 Å². The van der Waals surface area contributed by atoms with Crippen LogP contribution in [0.3, 0.4) is 0 Å². The summed E-state index contributed by atoms with van der Waals surface area (Å²) in [6.07, 6.45) is 31.8. The Morgan fingerprint density at radius 1 is 0.328 bits per heavy atom. The first-order valence-corrected chi connectivity index (χ1v) is 29.1. The summed E-state index contributed by atoms with van der Waals surface area (Å²) in [5, 5.41) is 0. The second kappa shape index (κ2) is 53.6. The summed E-state index contributed by atoms with van der Waals surface area (Å²) < 4.78 is 67.9. The van der Waals surface area contributed by atoms with Crippen molar-refractivity contribution in [2.24, 2.45) is 17.8 Å². The molecule has 61 heavy (non-hydrogen) atoms. The van der Waals surface area contributed by atoms with Gasteiger partial charge in [-0.3, -0.25) is 13.7 Å². The molecule has 0 N–H and O–H groups in total. The minimum atomic E-state index is -2.31. The van der Waals surface area contributed by atoms with Gasteiger partial charge in [-0.05, 0) is 77.0 Å². The summed E-state index contributed by atoms with van der Waals surface area (Å²) in [4.78, 5) is 0.